The zero-order chi connectivity index (χ0) is 15.6. The molecule has 0 radical (unpaired) electrons. The summed E-state index contributed by atoms with van der Waals surface area (Å²) < 4.78 is 32.1. The highest BCUT2D eigenvalue weighted by Gasteiger charge is 2.33. The molecular weight excluding hydrogens is 304 g/mol. The fourth-order valence-electron chi connectivity index (χ4n) is 2.33. The third-order valence-electron chi connectivity index (χ3n) is 3.42. The molecular formula is C14H16N4O3S. The molecule has 0 spiro atoms. The maximum Gasteiger partial charge on any atom is 0.244 e. The van der Waals surface area contributed by atoms with Crippen LogP contribution in [0.4, 0.5) is 0 Å². The number of hydrogen-bond donors (Lipinski definition) is 0. The van der Waals surface area contributed by atoms with Crippen LogP contribution in [0.15, 0.2) is 41.7 Å². The van der Waals surface area contributed by atoms with Crippen LogP contribution in [-0.4, -0.2) is 46.9 Å². The third-order valence-corrected chi connectivity index (χ3v) is 5.27. The average molecular weight is 320 g/mol. The highest BCUT2D eigenvalue weighted by molar-refractivity contribution is 7.89. The summed E-state index contributed by atoms with van der Waals surface area (Å²) in [6.45, 7) is 2.51. The van der Waals surface area contributed by atoms with Gasteiger partial charge in [-0.05, 0) is 25.5 Å². The zero-order valence-electron chi connectivity index (χ0n) is 12.1. The van der Waals surface area contributed by atoms with Gasteiger partial charge in [0.25, 0.3) is 0 Å². The van der Waals surface area contributed by atoms with Crippen LogP contribution in [0.5, 0.6) is 5.88 Å². The molecule has 3 rings (SSSR count). The van der Waals surface area contributed by atoms with Crippen LogP contribution < -0.4 is 4.74 Å². The number of rotatable bonds is 4. The van der Waals surface area contributed by atoms with Crippen molar-refractivity contribution in [2.45, 2.75) is 24.3 Å². The standard InChI is InChI=1S/C14H16N4O3S/c1-11-16-7-4-14(17-11)21-12-5-8-18(10-12)22(19,20)13-3-2-6-15-9-13/h2-4,6-7,9,12H,5,8,10H2,1H3/t12-/m1/s1. The fraction of sp³-hybridized carbons (Fsp3) is 0.357. The van der Waals surface area contributed by atoms with E-state index >= 15 is 0 Å². The predicted octanol–water partition coefficient (Wildman–Crippen LogP) is 1.02. The summed E-state index contributed by atoms with van der Waals surface area (Å²) in [5.41, 5.74) is 0. The summed E-state index contributed by atoms with van der Waals surface area (Å²) in [6.07, 6.45) is 4.95. The zero-order valence-corrected chi connectivity index (χ0v) is 12.9. The molecule has 0 N–H and O–H groups in total. The minimum atomic E-state index is -3.51. The fourth-order valence-corrected chi connectivity index (χ4v) is 3.78. The van der Waals surface area contributed by atoms with E-state index in [0.717, 1.165) is 0 Å². The first-order valence-corrected chi connectivity index (χ1v) is 8.36. The van der Waals surface area contributed by atoms with Crippen molar-refractivity contribution < 1.29 is 13.2 Å². The van der Waals surface area contributed by atoms with Gasteiger partial charge in [0.1, 0.15) is 16.8 Å². The normalized spacial score (nSPS) is 19.2. The van der Waals surface area contributed by atoms with E-state index in [2.05, 4.69) is 15.0 Å². The van der Waals surface area contributed by atoms with Crippen LogP contribution in [0, 0.1) is 6.92 Å². The van der Waals surface area contributed by atoms with Crippen LogP contribution in [0.2, 0.25) is 0 Å². The van der Waals surface area contributed by atoms with Gasteiger partial charge in [0.2, 0.25) is 15.9 Å². The number of sulfonamides is 1. The number of pyridine rings is 1. The summed E-state index contributed by atoms with van der Waals surface area (Å²) in [5, 5.41) is 0. The number of nitrogens with zero attached hydrogens (tertiary/aromatic N) is 4. The number of aromatic nitrogens is 3. The van der Waals surface area contributed by atoms with Crippen LogP contribution in [0.3, 0.4) is 0 Å². The Bertz CT molecular complexity index is 752. The molecule has 1 fully saturated rings. The van der Waals surface area contributed by atoms with E-state index in [1.165, 1.54) is 10.5 Å². The average Bonchev–Trinajstić information content (AvgIpc) is 2.97. The summed E-state index contributed by atoms with van der Waals surface area (Å²) in [4.78, 5) is 12.2. The van der Waals surface area contributed by atoms with E-state index in [4.69, 9.17) is 4.74 Å². The summed E-state index contributed by atoms with van der Waals surface area (Å²) in [6, 6.07) is 4.83. The van der Waals surface area contributed by atoms with Gasteiger partial charge >= 0.3 is 0 Å². The Morgan fingerprint density at radius 3 is 2.91 bits per heavy atom. The van der Waals surface area contributed by atoms with Crippen LogP contribution in [0.25, 0.3) is 0 Å². The topological polar surface area (TPSA) is 85.3 Å². The Morgan fingerprint density at radius 1 is 1.32 bits per heavy atom. The number of ether oxygens (including phenoxy) is 1. The number of aryl methyl sites for hydroxylation is 1. The Balaban J connectivity index is 1.70. The Morgan fingerprint density at radius 2 is 2.18 bits per heavy atom. The van der Waals surface area contributed by atoms with Crippen LogP contribution >= 0.6 is 0 Å². The molecule has 1 aliphatic rings. The molecule has 1 atom stereocenters. The lowest BCUT2D eigenvalue weighted by molar-refractivity contribution is 0.206. The van der Waals surface area contributed by atoms with Crippen LogP contribution in [0.1, 0.15) is 12.2 Å². The van der Waals surface area contributed by atoms with E-state index < -0.39 is 10.0 Å². The minimum absolute atomic E-state index is 0.202. The highest BCUT2D eigenvalue weighted by Crippen LogP contribution is 2.22. The number of hydrogen-bond acceptors (Lipinski definition) is 6. The third kappa shape index (κ3) is 3.07. The molecule has 0 aliphatic carbocycles. The van der Waals surface area contributed by atoms with E-state index in [-0.39, 0.29) is 11.0 Å². The smallest absolute Gasteiger partial charge is 0.244 e. The molecule has 3 heterocycles. The monoisotopic (exact) mass is 320 g/mol. The van der Waals surface area contributed by atoms with E-state index in [1.54, 1.807) is 37.5 Å². The van der Waals surface area contributed by atoms with Gasteiger partial charge in [-0.15, -0.1) is 0 Å². The first-order chi connectivity index (χ1) is 10.6. The molecule has 2 aromatic rings. The summed E-state index contributed by atoms with van der Waals surface area (Å²) >= 11 is 0. The van der Waals surface area contributed by atoms with Crippen molar-refractivity contribution in [3.8, 4) is 5.88 Å². The molecule has 0 amide bonds. The van der Waals surface area contributed by atoms with Crippen molar-refractivity contribution in [1.29, 1.82) is 0 Å². The maximum atomic E-state index is 12.5. The lowest BCUT2D eigenvalue weighted by Crippen LogP contribution is -2.31. The second-order valence-corrected chi connectivity index (χ2v) is 6.96. The largest absolute Gasteiger partial charge is 0.473 e. The molecule has 22 heavy (non-hydrogen) atoms. The second-order valence-electron chi connectivity index (χ2n) is 5.02. The lowest BCUT2D eigenvalue weighted by Gasteiger charge is -2.16. The second kappa shape index (κ2) is 5.98. The first kappa shape index (κ1) is 14.9. The first-order valence-electron chi connectivity index (χ1n) is 6.92. The molecule has 7 nitrogen and oxygen atoms in total. The highest BCUT2D eigenvalue weighted by atomic mass is 32.2. The molecule has 0 bridgehead atoms. The lowest BCUT2D eigenvalue weighted by atomic mass is 10.3. The Hall–Kier alpha value is -2.06. The van der Waals surface area contributed by atoms with Gasteiger partial charge < -0.3 is 4.74 Å². The minimum Gasteiger partial charge on any atom is -0.473 e. The maximum absolute atomic E-state index is 12.5. The Labute approximate surface area is 129 Å². The Kier molecular flexibility index (Phi) is 4.04. The van der Waals surface area contributed by atoms with Gasteiger partial charge in [0.05, 0.1) is 6.54 Å². The van der Waals surface area contributed by atoms with Gasteiger partial charge in [-0.25, -0.2) is 13.4 Å². The molecule has 116 valence electrons. The van der Waals surface area contributed by atoms with Crippen molar-refractivity contribution in [3.05, 3.63) is 42.6 Å². The van der Waals surface area contributed by atoms with E-state index in [1.807, 2.05) is 0 Å². The van der Waals surface area contributed by atoms with Gasteiger partial charge in [-0.1, -0.05) is 0 Å². The molecule has 8 heteroatoms. The van der Waals surface area contributed by atoms with Gasteiger partial charge in [0, 0.05) is 31.2 Å². The van der Waals surface area contributed by atoms with Crippen molar-refractivity contribution in [3.63, 3.8) is 0 Å². The van der Waals surface area contributed by atoms with Gasteiger partial charge in [-0.2, -0.15) is 9.29 Å². The van der Waals surface area contributed by atoms with Crippen molar-refractivity contribution in [2.24, 2.45) is 0 Å². The van der Waals surface area contributed by atoms with Crippen LogP contribution in [-0.2, 0) is 10.0 Å². The van der Waals surface area contributed by atoms with E-state index in [0.29, 0.717) is 31.2 Å². The van der Waals surface area contributed by atoms with E-state index in [9.17, 15) is 8.42 Å². The summed E-state index contributed by atoms with van der Waals surface area (Å²) in [7, 11) is -3.51. The summed E-state index contributed by atoms with van der Waals surface area (Å²) in [5.74, 6) is 1.09. The van der Waals surface area contributed by atoms with Crippen molar-refractivity contribution in [1.82, 2.24) is 19.3 Å². The quantitative estimate of drug-likeness (QED) is 0.836. The predicted molar refractivity (Wildman–Crippen MR) is 78.8 cm³/mol. The van der Waals surface area contributed by atoms with Crippen molar-refractivity contribution >= 4 is 10.0 Å². The van der Waals surface area contributed by atoms with Crippen molar-refractivity contribution in [2.75, 3.05) is 13.1 Å². The van der Waals surface area contributed by atoms with Gasteiger partial charge in [0.15, 0.2) is 0 Å². The molecule has 0 unspecified atom stereocenters. The molecule has 2 aromatic heterocycles. The molecule has 1 aliphatic heterocycles. The molecule has 1 saturated heterocycles. The van der Waals surface area contributed by atoms with Gasteiger partial charge in [-0.3, -0.25) is 4.98 Å². The molecule has 0 saturated carbocycles. The molecule has 0 aromatic carbocycles. The SMILES string of the molecule is Cc1nccc(O[C@@H]2CCN(S(=O)(=O)c3cccnc3)C2)n1.